The maximum Gasteiger partial charge on any atom is 0.255 e. The van der Waals surface area contributed by atoms with Crippen LogP contribution in [-0.4, -0.2) is 16.0 Å². The molecule has 2 unspecified atom stereocenters. The van der Waals surface area contributed by atoms with Gasteiger partial charge in [-0.15, -0.1) is 0 Å². The average molecular weight is 263 g/mol. The lowest BCUT2D eigenvalue weighted by molar-refractivity contribution is 0.401. The van der Waals surface area contributed by atoms with Gasteiger partial charge < -0.3 is 10.3 Å². The van der Waals surface area contributed by atoms with Gasteiger partial charge in [0, 0.05) is 17.8 Å². The van der Waals surface area contributed by atoms with Crippen molar-refractivity contribution in [3.8, 4) is 0 Å². The van der Waals surface area contributed by atoms with Crippen LogP contribution in [-0.2, 0) is 0 Å². The Morgan fingerprint density at radius 3 is 2.63 bits per heavy atom. The van der Waals surface area contributed by atoms with Gasteiger partial charge in [0.2, 0.25) is 0 Å². The first-order chi connectivity index (χ1) is 9.01. The number of nitrogens with one attached hydrogen (secondary N) is 2. The molecule has 1 saturated carbocycles. The topological polar surface area (TPSA) is 57.8 Å². The molecule has 0 aliphatic heterocycles. The Morgan fingerprint density at radius 2 is 2.11 bits per heavy atom. The lowest BCUT2D eigenvalue weighted by atomic mass is 10.0. The Bertz CT molecular complexity index is 491. The summed E-state index contributed by atoms with van der Waals surface area (Å²) in [5.41, 5.74) is 1.61. The molecule has 0 amide bonds. The minimum Gasteiger partial charge on any atom is -0.310 e. The average Bonchev–Trinajstić information content (AvgIpc) is 3.10. The zero-order valence-electron chi connectivity index (χ0n) is 12.4. The van der Waals surface area contributed by atoms with E-state index in [0.29, 0.717) is 11.9 Å². The molecule has 0 bridgehead atoms. The van der Waals surface area contributed by atoms with Crippen molar-refractivity contribution in [2.75, 3.05) is 0 Å². The smallest absolute Gasteiger partial charge is 0.255 e. The molecule has 4 heteroatoms. The van der Waals surface area contributed by atoms with Crippen LogP contribution < -0.4 is 10.9 Å². The lowest BCUT2D eigenvalue weighted by Gasteiger charge is -2.23. The van der Waals surface area contributed by atoms with Crippen LogP contribution in [0, 0.1) is 19.8 Å². The molecule has 2 N–H and O–H groups in total. The monoisotopic (exact) mass is 263 g/mol. The molecule has 2 atom stereocenters. The molecule has 1 aromatic heterocycles. The molecule has 1 heterocycles. The molecule has 106 valence electrons. The number of rotatable bonds is 6. The number of hydrogen-bond donors (Lipinski definition) is 2. The predicted octanol–water partition coefficient (Wildman–Crippen LogP) is 2.62. The number of H-pyrrole nitrogens is 1. The standard InChI is InChI=1S/C15H25N3O/c1-5-13(8-12-6-7-12)17-10(3)14-9(2)16-11(4)18-15(14)19/h10,12-13,17H,5-8H2,1-4H3,(H,16,18,19). The van der Waals surface area contributed by atoms with Crippen molar-refractivity contribution in [2.45, 2.75) is 65.5 Å². The third-order valence-corrected chi connectivity index (χ3v) is 3.99. The molecule has 1 fully saturated rings. The molecule has 1 aliphatic rings. The van der Waals surface area contributed by atoms with E-state index in [2.05, 4.69) is 29.1 Å². The normalized spacial score (nSPS) is 18.3. The van der Waals surface area contributed by atoms with E-state index in [-0.39, 0.29) is 11.6 Å². The Balaban J connectivity index is 2.09. The van der Waals surface area contributed by atoms with Crippen LogP contribution in [0.15, 0.2) is 4.79 Å². The molecule has 0 spiro atoms. The summed E-state index contributed by atoms with van der Waals surface area (Å²) in [5.74, 6) is 1.59. The highest BCUT2D eigenvalue weighted by atomic mass is 16.1. The Labute approximate surface area is 115 Å². The highest BCUT2D eigenvalue weighted by Crippen LogP contribution is 2.34. The number of hydrogen-bond acceptors (Lipinski definition) is 3. The first-order valence-electron chi connectivity index (χ1n) is 7.34. The summed E-state index contributed by atoms with van der Waals surface area (Å²) >= 11 is 0. The predicted molar refractivity (Wildman–Crippen MR) is 77.3 cm³/mol. The van der Waals surface area contributed by atoms with E-state index in [1.165, 1.54) is 19.3 Å². The van der Waals surface area contributed by atoms with Crippen LogP contribution in [0.3, 0.4) is 0 Å². The largest absolute Gasteiger partial charge is 0.310 e. The molecular weight excluding hydrogens is 238 g/mol. The third-order valence-electron chi connectivity index (χ3n) is 3.99. The van der Waals surface area contributed by atoms with Crippen LogP contribution in [0.5, 0.6) is 0 Å². The van der Waals surface area contributed by atoms with Gasteiger partial charge in [0.05, 0.1) is 5.56 Å². The lowest BCUT2D eigenvalue weighted by Crippen LogP contribution is -2.35. The van der Waals surface area contributed by atoms with Gasteiger partial charge in [-0.2, -0.15) is 0 Å². The second-order valence-electron chi connectivity index (χ2n) is 5.82. The summed E-state index contributed by atoms with van der Waals surface area (Å²) < 4.78 is 0. The van der Waals surface area contributed by atoms with Crippen molar-refractivity contribution in [3.05, 3.63) is 27.4 Å². The number of aromatic nitrogens is 2. The van der Waals surface area contributed by atoms with Gasteiger partial charge in [0.25, 0.3) is 5.56 Å². The fourth-order valence-corrected chi connectivity index (χ4v) is 2.79. The van der Waals surface area contributed by atoms with Gasteiger partial charge in [-0.3, -0.25) is 4.79 Å². The zero-order chi connectivity index (χ0) is 14.0. The summed E-state index contributed by atoms with van der Waals surface area (Å²) in [6.07, 6.45) is 5.09. The fraction of sp³-hybridized carbons (Fsp3) is 0.733. The number of nitrogens with zero attached hydrogens (tertiary/aromatic N) is 1. The van der Waals surface area contributed by atoms with Gasteiger partial charge in [-0.05, 0) is 39.5 Å². The van der Waals surface area contributed by atoms with Crippen LogP contribution in [0.2, 0.25) is 0 Å². The second kappa shape index (κ2) is 5.87. The first-order valence-corrected chi connectivity index (χ1v) is 7.34. The van der Waals surface area contributed by atoms with Crippen molar-refractivity contribution in [1.82, 2.24) is 15.3 Å². The van der Waals surface area contributed by atoms with Crippen LogP contribution in [0.25, 0.3) is 0 Å². The Kier molecular flexibility index (Phi) is 4.40. The number of aromatic amines is 1. The van der Waals surface area contributed by atoms with Crippen LogP contribution in [0.4, 0.5) is 0 Å². The molecule has 0 radical (unpaired) electrons. The van der Waals surface area contributed by atoms with E-state index in [0.717, 1.165) is 23.6 Å². The third kappa shape index (κ3) is 3.66. The molecule has 19 heavy (non-hydrogen) atoms. The van der Waals surface area contributed by atoms with E-state index < -0.39 is 0 Å². The summed E-state index contributed by atoms with van der Waals surface area (Å²) in [7, 11) is 0. The van der Waals surface area contributed by atoms with Gasteiger partial charge >= 0.3 is 0 Å². The van der Waals surface area contributed by atoms with Gasteiger partial charge in [-0.25, -0.2) is 4.98 Å². The molecule has 1 aliphatic carbocycles. The first kappa shape index (κ1) is 14.3. The molecule has 2 rings (SSSR count). The van der Waals surface area contributed by atoms with Crippen LogP contribution in [0.1, 0.15) is 62.7 Å². The maximum absolute atomic E-state index is 12.1. The number of aryl methyl sites for hydroxylation is 2. The highest BCUT2D eigenvalue weighted by Gasteiger charge is 2.26. The highest BCUT2D eigenvalue weighted by molar-refractivity contribution is 5.20. The van der Waals surface area contributed by atoms with Gasteiger partial charge in [0.1, 0.15) is 5.82 Å². The van der Waals surface area contributed by atoms with E-state index in [1.807, 2.05) is 13.8 Å². The Hall–Kier alpha value is -1.16. The van der Waals surface area contributed by atoms with Crippen molar-refractivity contribution < 1.29 is 0 Å². The van der Waals surface area contributed by atoms with E-state index in [4.69, 9.17) is 0 Å². The maximum atomic E-state index is 12.1. The summed E-state index contributed by atoms with van der Waals surface area (Å²) in [5, 5.41) is 3.60. The quantitative estimate of drug-likeness (QED) is 0.829. The summed E-state index contributed by atoms with van der Waals surface area (Å²) in [4.78, 5) is 19.2. The molecule has 4 nitrogen and oxygen atoms in total. The minimum atomic E-state index is -0.00808. The molecule has 0 saturated heterocycles. The molecular formula is C15H25N3O. The van der Waals surface area contributed by atoms with E-state index in [1.54, 1.807) is 0 Å². The fourth-order valence-electron chi connectivity index (χ4n) is 2.79. The van der Waals surface area contributed by atoms with Crippen molar-refractivity contribution in [1.29, 1.82) is 0 Å². The van der Waals surface area contributed by atoms with Crippen LogP contribution >= 0.6 is 0 Å². The minimum absolute atomic E-state index is 0.00808. The Morgan fingerprint density at radius 1 is 1.42 bits per heavy atom. The van der Waals surface area contributed by atoms with Gasteiger partial charge in [0.15, 0.2) is 0 Å². The second-order valence-corrected chi connectivity index (χ2v) is 5.82. The van der Waals surface area contributed by atoms with Gasteiger partial charge in [-0.1, -0.05) is 19.8 Å². The SMILES string of the molecule is CCC(CC1CC1)NC(C)c1c(C)nc(C)[nH]c1=O. The van der Waals surface area contributed by atoms with E-state index >= 15 is 0 Å². The molecule has 0 aromatic carbocycles. The zero-order valence-corrected chi connectivity index (χ0v) is 12.4. The summed E-state index contributed by atoms with van der Waals surface area (Å²) in [6.45, 7) is 8.00. The van der Waals surface area contributed by atoms with Crippen molar-refractivity contribution in [3.63, 3.8) is 0 Å². The summed E-state index contributed by atoms with van der Waals surface area (Å²) in [6, 6.07) is 0.558. The van der Waals surface area contributed by atoms with Crippen molar-refractivity contribution >= 4 is 0 Å². The molecule has 1 aromatic rings. The van der Waals surface area contributed by atoms with E-state index in [9.17, 15) is 4.79 Å². The van der Waals surface area contributed by atoms with Crippen molar-refractivity contribution in [2.24, 2.45) is 5.92 Å².